The number of rotatable bonds is 6. The van der Waals surface area contributed by atoms with Gasteiger partial charge in [-0.15, -0.1) is 0 Å². The van der Waals surface area contributed by atoms with Crippen LogP contribution in [0.25, 0.3) is 0 Å². The summed E-state index contributed by atoms with van der Waals surface area (Å²) >= 11 is 0. The SMILES string of the molecule is Cc1ccc(N2CC3CC2CN3C(=O)COC2CCC(Nc3ccc(C)c(C(F)(F)F)c3)CC2)cc1. The van der Waals surface area contributed by atoms with Crippen LogP contribution in [-0.2, 0) is 15.7 Å². The fourth-order valence-electron chi connectivity index (χ4n) is 5.92. The smallest absolute Gasteiger partial charge is 0.382 e. The Hall–Kier alpha value is -2.74. The molecule has 2 saturated heterocycles. The first-order chi connectivity index (χ1) is 17.2. The van der Waals surface area contributed by atoms with Gasteiger partial charge in [0.15, 0.2) is 0 Å². The molecule has 5 rings (SSSR count). The van der Waals surface area contributed by atoms with E-state index in [2.05, 4.69) is 41.4 Å². The molecule has 0 spiro atoms. The number of halogens is 3. The highest BCUT2D eigenvalue weighted by atomic mass is 19.4. The van der Waals surface area contributed by atoms with E-state index in [4.69, 9.17) is 4.74 Å². The van der Waals surface area contributed by atoms with Gasteiger partial charge in [-0.1, -0.05) is 23.8 Å². The van der Waals surface area contributed by atoms with Gasteiger partial charge >= 0.3 is 6.18 Å². The van der Waals surface area contributed by atoms with E-state index >= 15 is 0 Å². The third-order valence-electron chi connectivity index (χ3n) is 7.96. The monoisotopic (exact) mass is 501 g/mol. The van der Waals surface area contributed by atoms with Crippen molar-refractivity contribution in [2.24, 2.45) is 0 Å². The largest absolute Gasteiger partial charge is 0.416 e. The topological polar surface area (TPSA) is 44.8 Å². The van der Waals surface area contributed by atoms with Gasteiger partial charge in [0.1, 0.15) is 6.61 Å². The molecule has 3 aliphatic rings. The average Bonchev–Trinajstić information content (AvgIpc) is 3.46. The van der Waals surface area contributed by atoms with Gasteiger partial charge in [0, 0.05) is 36.5 Å². The molecule has 8 heteroatoms. The highest BCUT2D eigenvalue weighted by Gasteiger charge is 2.45. The van der Waals surface area contributed by atoms with Gasteiger partial charge in [0.2, 0.25) is 5.91 Å². The van der Waals surface area contributed by atoms with E-state index < -0.39 is 11.7 Å². The number of nitrogens with zero attached hydrogens (tertiary/aromatic N) is 2. The third-order valence-corrected chi connectivity index (χ3v) is 7.96. The van der Waals surface area contributed by atoms with Gasteiger partial charge in [0.25, 0.3) is 0 Å². The number of carbonyl (C=O) groups is 1. The van der Waals surface area contributed by atoms with Crippen LogP contribution in [0, 0.1) is 13.8 Å². The van der Waals surface area contributed by atoms with E-state index in [1.165, 1.54) is 30.3 Å². The molecule has 3 fully saturated rings. The van der Waals surface area contributed by atoms with Gasteiger partial charge in [-0.3, -0.25) is 4.79 Å². The van der Waals surface area contributed by atoms with Crippen LogP contribution >= 0.6 is 0 Å². The van der Waals surface area contributed by atoms with Gasteiger partial charge in [0.05, 0.1) is 17.7 Å². The Morgan fingerprint density at radius 2 is 1.72 bits per heavy atom. The summed E-state index contributed by atoms with van der Waals surface area (Å²) in [6, 6.07) is 13.7. The summed E-state index contributed by atoms with van der Waals surface area (Å²) in [6.45, 7) is 5.27. The predicted octanol–water partition coefficient (Wildman–Crippen LogP) is 5.55. The first-order valence-corrected chi connectivity index (χ1v) is 12.9. The molecule has 36 heavy (non-hydrogen) atoms. The van der Waals surface area contributed by atoms with Crippen molar-refractivity contribution in [1.82, 2.24) is 4.90 Å². The molecule has 0 aromatic heterocycles. The van der Waals surface area contributed by atoms with E-state index in [0.29, 0.717) is 11.7 Å². The summed E-state index contributed by atoms with van der Waals surface area (Å²) in [6.07, 6.45) is -0.160. The predicted molar refractivity (Wildman–Crippen MR) is 134 cm³/mol. The highest BCUT2D eigenvalue weighted by molar-refractivity contribution is 5.79. The fraction of sp³-hybridized carbons (Fsp3) is 0.536. The van der Waals surface area contributed by atoms with Crippen LogP contribution in [0.3, 0.4) is 0 Å². The normalized spacial score (nSPS) is 25.9. The Balaban J connectivity index is 1.06. The number of nitrogens with one attached hydrogen (secondary N) is 1. The van der Waals surface area contributed by atoms with Gasteiger partial charge in [-0.2, -0.15) is 13.2 Å². The number of hydrogen-bond acceptors (Lipinski definition) is 4. The molecule has 1 amide bonds. The zero-order chi connectivity index (χ0) is 25.4. The summed E-state index contributed by atoms with van der Waals surface area (Å²) in [7, 11) is 0. The number of alkyl halides is 3. The molecule has 2 aromatic rings. The van der Waals surface area contributed by atoms with Crippen LogP contribution in [0.1, 0.15) is 48.8 Å². The summed E-state index contributed by atoms with van der Waals surface area (Å²) in [5.74, 6) is 0.0608. The van der Waals surface area contributed by atoms with Crippen molar-refractivity contribution >= 4 is 17.3 Å². The summed E-state index contributed by atoms with van der Waals surface area (Å²) in [5.41, 5.74) is 2.59. The maximum absolute atomic E-state index is 13.2. The molecule has 194 valence electrons. The lowest BCUT2D eigenvalue weighted by Gasteiger charge is -2.36. The number of amides is 1. The lowest BCUT2D eigenvalue weighted by molar-refractivity contribution is -0.140. The number of benzene rings is 2. The molecule has 2 atom stereocenters. The number of hydrogen-bond donors (Lipinski definition) is 1. The van der Waals surface area contributed by atoms with Crippen molar-refractivity contribution in [3.05, 3.63) is 59.2 Å². The first-order valence-electron chi connectivity index (χ1n) is 12.9. The zero-order valence-corrected chi connectivity index (χ0v) is 20.9. The standard InChI is InChI=1S/C28H34F3N3O2/c1-18-3-9-22(10-4-18)33-15-24-14-23(33)16-34(24)27(35)17-36-25-11-7-20(8-12-25)32-21-6-5-19(2)26(13-21)28(29,30)31/h3-6,9-10,13,20,23-25,32H,7-8,11-12,14-17H2,1-2H3. The number of piperazine rings is 1. The molecule has 2 aromatic carbocycles. The molecule has 1 N–H and O–H groups in total. The zero-order valence-electron chi connectivity index (χ0n) is 20.9. The molecule has 2 heterocycles. The summed E-state index contributed by atoms with van der Waals surface area (Å²) < 4.78 is 45.6. The van der Waals surface area contributed by atoms with Crippen LogP contribution in [0.4, 0.5) is 24.5 Å². The highest BCUT2D eigenvalue weighted by Crippen LogP contribution is 2.36. The third kappa shape index (κ3) is 5.33. The van der Waals surface area contributed by atoms with Crippen LogP contribution < -0.4 is 10.2 Å². The molecular weight excluding hydrogens is 467 g/mol. The van der Waals surface area contributed by atoms with Crippen molar-refractivity contribution < 1.29 is 22.7 Å². The van der Waals surface area contributed by atoms with E-state index in [1.54, 1.807) is 6.07 Å². The van der Waals surface area contributed by atoms with Crippen LogP contribution in [0.5, 0.6) is 0 Å². The number of anilines is 2. The number of carbonyl (C=O) groups excluding carboxylic acids is 1. The Labute approximate surface area is 210 Å². The molecule has 1 saturated carbocycles. The van der Waals surface area contributed by atoms with E-state index in [1.807, 2.05) is 4.90 Å². The molecule has 2 bridgehead atoms. The lowest BCUT2D eigenvalue weighted by atomic mass is 9.92. The van der Waals surface area contributed by atoms with Crippen molar-refractivity contribution in [1.29, 1.82) is 0 Å². The Morgan fingerprint density at radius 3 is 2.36 bits per heavy atom. The first kappa shape index (κ1) is 24.9. The Bertz CT molecular complexity index is 1080. The maximum atomic E-state index is 13.2. The average molecular weight is 502 g/mol. The van der Waals surface area contributed by atoms with Gasteiger partial charge in [-0.05, 0) is 75.8 Å². The fourth-order valence-corrected chi connectivity index (χ4v) is 5.92. The Morgan fingerprint density at radius 1 is 1.00 bits per heavy atom. The van der Waals surface area contributed by atoms with Crippen LogP contribution in [0.2, 0.25) is 0 Å². The van der Waals surface area contributed by atoms with E-state index in [9.17, 15) is 18.0 Å². The minimum absolute atomic E-state index is 0.0135. The number of aryl methyl sites for hydroxylation is 2. The number of ether oxygens (including phenoxy) is 1. The van der Waals surface area contributed by atoms with Gasteiger partial charge < -0.3 is 19.9 Å². The van der Waals surface area contributed by atoms with Crippen LogP contribution in [-0.4, -0.2) is 54.7 Å². The minimum Gasteiger partial charge on any atom is -0.382 e. The molecule has 0 radical (unpaired) electrons. The van der Waals surface area contributed by atoms with Crippen LogP contribution in [0.15, 0.2) is 42.5 Å². The molecule has 1 aliphatic carbocycles. The van der Waals surface area contributed by atoms with Crippen molar-refractivity contribution in [3.8, 4) is 0 Å². The molecule has 5 nitrogen and oxygen atoms in total. The number of likely N-dealkylation sites (tertiary alicyclic amines) is 1. The van der Waals surface area contributed by atoms with Crippen molar-refractivity contribution in [2.45, 2.75) is 76.4 Å². The second-order valence-corrected chi connectivity index (χ2v) is 10.5. The minimum atomic E-state index is -4.35. The maximum Gasteiger partial charge on any atom is 0.416 e. The second-order valence-electron chi connectivity index (χ2n) is 10.5. The second kappa shape index (κ2) is 9.96. The molecule has 2 aliphatic heterocycles. The van der Waals surface area contributed by atoms with Crippen molar-refractivity contribution in [3.63, 3.8) is 0 Å². The molecule has 2 unspecified atom stereocenters. The van der Waals surface area contributed by atoms with Crippen molar-refractivity contribution in [2.75, 3.05) is 29.9 Å². The van der Waals surface area contributed by atoms with E-state index in [-0.39, 0.29) is 36.3 Å². The lowest BCUT2D eigenvalue weighted by Crippen LogP contribution is -2.50. The summed E-state index contributed by atoms with van der Waals surface area (Å²) in [4.78, 5) is 17.3. The quantitative estimate of drug-likeness (QED) is 0.564. The molecular formula is C28H34F3N3O2. The van der Waals surface area contributed by atoms with E-state index in [0.717, 1.165) is 45.2 Å². The summed E-state index contributed by atoms with van der Waals surface area (Å²) in [5, 5.41) is 3.25. The Kier molecular flexibility index (Phi) is 6.90. The van der Waals surface area contributed by atoms with Gasteiger partial charge in [-0.25, -0.2) is 0 Å². The number of fused-ring (bicyclic) bond motifs is 2.